The lowest BCUT2D eigenvalue weighted by Gasteiger charge is -2.24. The summed E-state index contributed by atoms with van der Waals surface area (Å²) in [5, 5.41) is 8.95. The zero-order chi connectivity index (χ0) is 10.8. The largest absolute Gasteiger partial charge is 0.323 e. The van der Waals surface area contributed by atoms with Gasteiger partial charge in [-0.1, -0.05) is 29.8 Å². The Kier molecular flexibility index (Phi) is 2.93. The number of nitrogens with two attached hydrogens (primary N) is 1. The van der Waals surface area contributed by atoms with Gasteiger partial charge in [-0.05, 0) is 26.3 Å². The summed E-state index contributed by atoms with van der Waals surface area (Å²) >= 11 is 0. The topological polar surface area (TPSA) is 49.8 Å². The second-order valence-electron chi connectivity index (χ2n) is 4.22. The Bertz CT molecular complexity index is 344. The molecule has 0 spiro atoms. The van der Waals surface area contributed by atoms with E-state index < -0.39 is 5.41 Å². The SMILES string of the molecule is Cc1ccc(C(N)C(C)(C)C#N)cc1. The molecule has 0 aliphatic carbocycles. The highest BCUT2D eigenvalue weighted by Gasteiger charge is 2.27. The molecule has 0 bridgehead atoms. The summed E-state index contributed by atoms with van der Waals surface area (Å²) in [7, 11) is 0. The first-order valence-corrected chi connectivity index (χ1v) is 4.71. The van der Waals surface area contributed by atoms with E-state index in [1.54, 1.807) is 0 Å². The van der Waals surface area contributed by atoms with E-state index >= 15 is 0 Å². The third-order valence-corrected chi connectivity index (χ3v) is 2.50. The molecule has 2 N–H and O–H groups in total. The number of hydrogen-bond donors (Lipinski definition) is 1. The van der Waals surface area contributed by atoms with E-state index in [-0.39, 0.29) is 6.04 Å². The first kappa shape index (κ1) is 10.7. The molecule has 1 unspecified atom stereocenters. The minimum Gasteiger partial charge on any atom is -0.323 e. The van der Waals surface area contributed by atoms with E-state index in [9.17, 15) is 0 Å². The fourth-order valence-electron chi connectivity index (χ4n) is 1.26. The number of nitriles is 1. The Morgan fingerprint density at radius 3 is 2.21 bits per heavy atom. The lowest BCUT2D eigenvalue weighted by Crippen LogP contribution is -2.27. The van der Waals surface area contributed by atoms with Crippen LogP contribution in [0, 0.1) is 23.7 Å². The maximum atomic E-state index is 8.95. The van der Waals surface area contributed by atoms with Gasteiger partial charge in [0.1, 0.15) is 0 Å². The van der Waals surface area contributed by atoms with Gasteiger partial charge < -0.3 is 5.73 Å². The average molecular weight is 188 g/mol. The first-order valence-electron chi connectivity index (χ1n) is 4.71. The summed E-state index contributed by atoms with van der Waals surface area (Å²) in [6, 6.07) is 10.0. The van der Waals surface area contributed by atoms with E-state index in [2.05, 4.69) is 6.07 Å². The molecule has 0 amide bonds. The highest BCUT2D eigenvalue weighted by Crippen LogP contribution is 2.30. The van der Waals surface area contributed by atoms with Crippen LogP contribution in [0.2, 0.25) is 0 Å². The van der Waals surface area contributed by atoms with Crippen LogP contribution >= 0.6 is 0 Å². The second-order valence-corrected chi connectivity index (χ2v) is 4.22. The Morgan fingerprint density at radius 1 is 1.29 bits per heavy atom. The number of benzene rings is 1. The standard InChI is InChI=1S/C12H16N2/c1-9-4-6-10(7-5-9)11(14)12(2,3)8-13/h4-7,11H,14H2,1-3H3. The third-order valence-electron chi connectivity index (χ3n) is 2.50. The quantitative estimate of drug-likeness (QED) is 0.775. The molecule has 74 valence electrons. The van der Waals surface area contributed by atoms with E-state index in [1.807, 2.05) is 45.0 Å². The average Bonchev–Trinajstić information content (AvgIpc) is 2.18. The highest BCUT2D eigenvalue weighted by molar-refractivity contribution is 5.26. The maximum absolute atomic E-state index is 8.95. The summed E-state index contributed by atoms with van der Waals surface area (Å²) in [5.41, 5.74) is 7.71. The number of rotatable bonds is 2. The molecule has 1 aromatic rings. The summed E-state index contributed by atoms with van der Waals surface area (Å²) in [4.78, 5) is 0. The van der Waals surface area contributed by atoms with Crippen LogP contribution in [-0.2, 0) is 0 Å². The molecular weight excluding hydrogens is 172 g/mol. The van der Waals surface area contributed by atoms with Gasteiger partial charge in [0.25, 0.3) is 0 Å². The van der Waals surface area contributed by atoms with Crippen molar-refractivity contribution in [1.29, 1.82) is 5.26 Å². The zero-order valence-corrected chi connectivity index (χ0v) is 8.91. The molecule has 0 fully saturated rings. The Balaban J connectivity index is 2.96. The fourth-order valence-corrected chi connectivity index (χ4v) is 1.26. The summed E-state index contributed by atoms with van der Waals surface area (Å²) in [6.45, 7) is 5.75. The van der Waals surface area contributed by atoms with Gasteiger partial charge >= 0.3 is 0 Å². The van der Waals surface area contributed by atoms with E-state index in [4.69, 9.17) is 11.0 Å². The molecule has 0 saturated carbocycles. The van der Waals surface area contributed by atoms with Crippen LogP contribution < -0.4 is 5.73 Å². The van der Waals surface area contributed by atoms with E-state index in [0.29, 0.717) is 0 Å². The Morgan fingerprint density at radius 2 is 1.79 bits per heavy atom. The summed E-state index contributed by atoms with van der Waals surface area (Å²) < 4.78 is 0. The highest BCUT2D eigenvalue weighted by atomic mass is 14.7. The molecule has 0 radical (unpaired) electrons. The van der Waals surface area contributed by atoms with Crippen LogP contribution in [0.15, 0.2) is 24.3 Å². The van der Waals surface area contributed by atoms with Gasteiger partial charge in [-0.3, -0.25) is 0 Å². The minimum atomic E-state index is -0.519. The van der Waals surface area contributed by atoms with Crippen LogP contribution in [0.1, 0.15) is 31.0 Å². The molecular formula is C12H16N2. The van der Waals surface area contributed by atoms with Crippen molar-refractivity contribution >= 4 is 0 Å². The maximum Gasteiger partial charge on any atom is 0.0710 e. The second kappa shape index (κ2) is 3.81. The molecule has 0 heterocycles. The minimum absolute atomic E-state index is 0.229. The fraction of sp³-hybridized carbons (Fsp3) is 0.417. The number of hydrogen-bond acceptors (Lipinski definition) is 2. The molecule has 1 aromatic carbocycles. The van der Waals surface area contributed by atoms with Crippen LogP contribution in [0.4, 0.5) is 0 Å². The van der Waals surface area contributed by atoms with Gasteiger partial charge in [0, 0.05) is 6.04 Å². The van der Waals surface area contributed by atoms with Crippen LogP contribution in [0.3, 0.4) is 0 Å². The third kappa shape index (κ3) is 2.12. The van der Waals surface area contributed by atoms with Gasteiger partial charge in [0.2, 0.25) is 0 Å². The lowest BCUT2D eigenvalue weighted by atomic mass is 9.82. The predicted molar refractivity (Wildman–Crippen MR) is 57.5 cm³/mol. The van der Waals surface area contributed by atoms with Crippen molar-refractivity contribution in [3.63, 3.8) is 0 Å². The molecule has 0 aliphatic rings. The molecule has 0 aliphatic heterocycles. The van der Waals surface area contributed by atoms with Gasteiger partial charge in [0.05, 0.1) is 11.5 Å². The Hall–Kier alpha value is -1.33. The number of aryl methyl sites for hydroxylation is 1. The van der Waals surface area contributed by atoms with Crippen LogP contribution in [-0.4, -0.2) is 0 Å². The van der Waals surface area contributed by atoms with Crippen molar-refractivity contribution < 1.29 is 0 Å². The van der Waals surface area contributed by atoms with Gasteiger partial charge in [-0.15, -0.1) is 0 Å². The first-order chi connectivity index (χ1) is 6.47. The summed E-state index contributed by atoms with van der Waals surface area (Å²) in [5.74, 6) is 0. The predicted octanol–water partition coefficient (Wildman–Crippen LogP) is 2.54. The molecule has 2 nitrogen and oxygen atoms in total. The van der Waals surface area contributed by atoms with E-state index in [1.165, 1.54) is 5.56 Å². The van der Waals surface area contributed by atoms with Gasteiger partial charge in [-0.2, -0.15) is 5.26 Å². The molecule has 2 heteroatoms. The van der Waals surface area contributed by atoms with Crippen LogP contribution in [0.25, 0.3) is 0 Å². The van der Waals surface area contributed by atoms with Crippen molar-refractivity contribution in [2.75, 3.05) is 0 Å². The van der Waals surface area contributed by atoms with Crippen LogP contribution in [0.5, 0.6) is 0 Å². The molecule has 1 atom stereocenters. The lowest BCUT2D eigenvalue weighted by molar-refractivity contribution is 0.393. The van der Waals surface area contributed by atoms with Gasteiger partial charge in [0.15, 0.2) is 0 Å². The van der Waals surface area contributed by atoms with Crippen molar-refractivity contribution in [3.8, 4) is 6.07 Å². The van der Waals surface area contributed by atoms with Crippen molar-refractivity contribution in [2.45, 2.75) is 26.8 Å². The normalized spacial score (nSPS) is 13.4. The molecule has 0 aromatic heterocycles. The Labute approximate surface area is 85.4 Å². The monoisotopic (exact) mass is 188 g/mol. The van der Waals surface area contributed by atoms with Crippen molar-refractivity contribution in [3.05, 3.63) is 35.4 Å². The van der Waals surface area contributed by atoms with Crippen molar-refractivity contribution in [2.24, 2.45) is 11.1 Å². The summed E-state index contributed by atoms with van der Waals surface area (Å²) in [6.07, 6.45) is 0. The molecule has 0 saturated heterocycles. The molecule has 14 heavy (non-hydrogen) atoms. The number of nitrogens with zero attached hydrogens (tertiary/aromatic N) is 1. The van der Waals surface area contributed by atoms with Crippen molar-refractivity contribution in [1.82, 2.24) is 0 Å². The van der Waals surface area contributed by atoms with E-state index in [0.717, 1.165) is 5.56 Å². The molecule has 1 rings (SSSR count). The smallest absolute Gasteiger partial charge is 0.0710 e. The zero-order valence-electron chi connectivity index (χ0n) is 8.91. The van der Waals surface area contributed by atoms with Gasteiger partial charge in [-0.25, -0.2) is 0 Å².